The summed E-state index contributed by atoms with van der Waals surface area (Å²) in [7, 11) is 0. The van der Waals surface area contributed by atoms with Crippen LogP contribution in [0.15, 0.2) is 24.3 Å². The first-order valence-electron chi connectivity index (χ1n) is 12.3. The van der Waals surface area contributed by atoms with E-state index in [9.17, 15) is 20.1 Å². The third-order valence-corrected chi connectivity index (χ3v) is 9.49. The van der Waals surface area contributed by atoms with E-state index in [1.807, 2.05) is 31.7 Å². The first-order chi connectivity index (χ1) is 16.2. The number of amides is 1. The van der Waals surface area contributed by atoms with E-state index in [1.165, 1.54) is 0 Å². The molecular formula is C26H37N3O4S. The molecule has 5 atom stereocenters. The van der Waals surface area contributed by atoms with E-state index >= 15 is 0 Å². The van der Waals surface area contributed by atoms with Crippen molar-refractivity contribution in [1.29, 1.82) is 0 Å². The average molecular weight is 488 g/mol. The molecule has 0 bridgehead atoms. The first kappa shape index (κ1) is 24.9. The molecule has 1 amide bonds. The van der Waals surface area contributed by atoms with E-state index in [-0.39, 0.29) is 35.5 Å². The van der Waals surface area contributed by atoms with E-state index in [4.69, 9.17) is 4.98 Å². The van der Waals surface area contributed by atoms with Crippen molar-refractivity contribution >= 4 is 28.1 Å². The second kappa shape index (κ2) is 9.47. The van der Waals surface area contributed by atoms with Crippen LogP contribution in [0.1, 0.15) is 63.4 Å². The zero-order valence-electron chi connectivity index (χ0n) is 20.5. The largest absolute Gasteiger partial charge is 0.508 e. The predicted molar refractivity (Wildman–Crippen MR) is 135 cm³/mol. The molecule has 2 aliphatic rings. The number of phenolic OH excluding ortho intramolecular Hbond substituents is 1. The van der Waals surface area contributed by atoms with Crippen LogP contribution in [0.4, 0.5) is 10.8 Å². The summed E-state index contributed by atoms with van der Waals surface area (Å²) in [6.45, 7) is 9.46. The Hall–Kier alpha value is -2.16. The van der Waals surface area contributed by atoms with Crippen molar-refractivity contribution in [2.24, 2.45) is 16.7 Å². The number of aliphatic hydroxyl groups excluding tert-OH is 2. The number of nitrogens with one attached hydrogen (secondary N) is 1. The molecule has 1 heterocycles. The quantitative estimate of drug-likeness (QED) is 0.465. The molecule has 7 nitrogen and oxygen atoms in total. The zero-order chi connectivity index (χ0) is 24.7. The van der Waals surface area contributed by atoms with Crippen LogP contribution in [-0.2, 0) is 11.2 Å². The number of carbonyl (C=O) groups is 1. The van der Waals surface area contributed by atoms with Crippen LogP contribution >= 0.6 is 11.3 Å². The second-order valence-corrected chi connectivity index (χ2v) is 11.4. The number of anilines is 2. The minimum atomic E-state index is -0.635. The molecule has 4 N–H and O–H groups in total. The third kappa shape index (κ3) is 4.20. The summed E-state index contributed by atoms with van der Waals surface area (Å²) in [6.07, 6.45) is 1.91. The molecule has 4 rings (SSSR count). The molecule has 2 aromatic rings. The Bertz CT molecular complexity index is 1040. The number of fused-ring (bicyclic) bond motifs is 2. The molecular weight excluding hydrogens is 450 g/mol. The Labute approximate surface area is 205 Å². The van der Waals surface area contributed by atoms with E-state index in [2.05, 4.69) is 12.2 Å². The standard InChI is InChI=1S/C26H37N3O4S/c1-5-29(6-2)22(33)13-18-23-19(34-24(28-23)27-16-8-7-9-17(31)12-16)14-20-25(18,3)11-10-21(32)26(20,4)15-30/h7-9,12,18,20-21,30-32H,5-6,10-11,13-15H2,1-4H3,(H,27,28). The molecule has 1 aromatic heterocycles. The van der Waals surface area contributed by atoms with Gasteiger partial charge in [0.15, 0.2) is 5.13 Å². The SMILES string of the molecule is CCN(CC)C(=O)CC1c2nc(Nc3cccc(O)c3)sc2CC2C(C)(CO)C(O)CCC12C. The molecule has 0 aliphatic heterocycles. The zero-order valence-corrected chi connectivity index (χ0v) is 21.4. The second-order valence-electron chi connectivity index (χ2n) is 10.3. The van der Waals surface area contributed by atoms with Gasteiger partial charge in [-0.25, -0.2) is 4.98 Å². The van der Waals surface area contributed by atoms with Gasteiger partial charge in [-0.3, -0.25) is 4.79 Å². The highest BCUT2D eigenvalue weighted by Gasteiger charge is 2.59. The molecule has 0 saturated heterocycles. The summed E-state index contributed by atoms with van der Waals surface area (Å²) in [5.41, 5.74) is 0.817. The number of rotatable bonds is 7. The topological polar surface area (TPSA) is 106 Å². The summed E-state index contributed by atoms with van der Waals surface area (Å²) >= 11 is 1.56. The maximum Gasteiger partial charge on any atom is 0.223 e. The number of hydrogen-bond donors (Lipinski definition) is 4. The van der Waals surface area contributed by atoms with Crippen LogP contribution in [0, 0.1) is 16.7 Å². The number of aromatic nitrogens is 1. The van der Waals surface area contributed by atoms with Crippen molar-refractivity contribution in [2.75, 3.05) is 25.0 Å². The fourth-order valence-corrected chi connectivity index (χ4v) is 7.38. The molecule has 0 radical (unpaired) electrons. The summed E-state index contributed by atoms with van der Waals surface area (Å²) in [5, 5.41) is 35.2. The van der Waals surface area contributed by atoms with Gasteiger partial charge in [0.1, 0.15) is 5.75 Å². The number of hydrogen-bond acceptors (Lipinski definition) is 7. The van der Waals surface area contributed by atoms with Gasteiger partial charge >= 0.3 is 0 Å². The van der Waals surface area contributed by atoms with E-state index < -0.39 is 11.5 Å². The minimum Gasteiger partial charge on any atom is -0.508 e. The highest BCUT2D eigenvalue weighted by molar-refractivity contribution is 7.15. The van der Waals surface area contributed by atoms with Crippen LogP contribution < -0.4 is 5.32 Å². The number of aliphatic hydroxyl groups is 2. The number of benzene rings is 1. The van der Waals surface area contributed by atoms with Gasteiger partial charge in [0.25, 0.3) is 0 Å². The van der Waals surface area contributed by atoms with Gasteiger partial charge in [0.05, 0.1) is 18.4 Å². The Kier molecular flexibility index (Phi) is 6.95. The van der Waals surface area contributed by atoms with Gasteiger partial charge < -0.3 is 25.5 Å². The Balaban J connectivity index is 1.76. The minimum absolute atomic E-state index is 0.0322. The smallest absolute Gasteiger partial charge is 0.223 e. The van der Waals surface area contributed by atoms with Crippen molar-refractivity contribution in [3.8, 4) is 5.75 Å². The maximum absolute atomic E-state index is 13.3. The van der Waals surface area contributed by atoms with E-state index in [0.717, 1.165) is 34.2 Å². The highest BCUT2D eigenvalue weighted by Crippen LogP contribution is 2.63. The lowest BCUT2D eigenvalue weighted by atomic mass is 9.47. The van der Waals surface area contributed by atoms with Gasteiger partial charge in [0, 0.05) is 47.5 Å². The molecule has 1 saturated carbocycles. The predicted octanol–water partition coefficient (Wildman–Crippen LogP) is 4.27. The van der Waals surface area contributed by atoms with Crippen molar-refractivity contribution in [2.45, 2.75) is 65.4 Å². The van der Waals surface area contributed by atoms with E-state index in [1.54, 1.807) is 29.5 Å². The third-order valence-electron chi connectivity index (χ3n) is 8.49. The normalized spacial score (nSPS) is 30.4. The first-order valence-corrected chi connectivity index (χ1v) is 13.1. The molecule has 34 heavy (non-hydrogen) atoms. The summed E-state index contributed by atoms with van der Waals surface area (Å²) in [6, 6.07) is 6.93. The van der Waals surface area contributed by atoms with Crippen LogP contribution in [-0.4, -0.2) is 56.9 Å². The number of thiazole rings is 1. The lowest BCUT2D eigenvalue weighted by molar-refractivity contribution is -0.147. The molecule has 186 valence electrons. The number of phenols is 1. The fourth-order valence-electron chi connectivity index (χ4n) is 6.29. The molecule has 5 unspecified atom stereocenters. The van der Waals surface area contributed by atoms with Crippen molar-refractivity contribution in [3.63, 3.8) is 0 Å². The van der Waals surface area contributed by atoms with Gasteiger partial charge in [-0.1, -0.05) is 19.9 Å². The molecule has 8 heteroatoms. The monoisotopic (exact) mass is 487 g/mol. The Morgan fingerprint density at radius 1 is 1.29 bits per heavy atom. The number of nitrogens with zero attached hydrogens (tertiary/aromatic N) is 2. The molecule has 1 aromatic carbocycles. The van der Waals surface area contributed by atoms with Gasteiger partial charge in [-0.2, -0.15) is 0 Å². The fraction of sp³-hybridized carbons (Fsp3) is 0.615. The van der Waals surface area contributed by atoms with Crippen LogP contribution in [0.5, 0.6) is 5.75 Å². The lowest BCUT2D eigenvalue weighted by Crippen LogP contribution is -2.57. The van der Waals surface area contributed by atoms with Gasteiger partial charge in [0.2, 0.25) is 5.91 Å². The van der Waals surface area contributed by atoms with Crippen molar-refractivity contribution in [3.05, 3.63) is 34.8 Å². The lowest BCUT2D eigenvalue weighted by Gasteiger charge is -2.58. The Morgan fingerprint density at radius 3 is 2.68 bits per heavy atom. The number of carbonyl (C=O) groups excluding carboxylic acids is 1. The van der Waals surface area contributed by atoms with E-state index in [0.29, 0.717) is 25.9 Å². The van der Waals surface area contributed by atoms with Crippen LogP contribution in [0.25, 0.3) is 0 Å². The highest BCUT2D eigenvalue weighted by atomic mass is 32.1. The van der Waals surface area contributed by atoms with Gasteiger partial charge in [-0.15, -0.1) is 11.3 Å². The average Bonchev–Trinajstić information content (AvgIpc) is 3.20. The maximum atomic E-state index is 13.3. The molecule has 1 fully saturated rings. The van der Waals surface area contributed by atoms with Crippen molar-refractivity contribution < 1.29 is 20.1 Å². The van der Waals surface area contributed by atoms with Crippen LogP contribution in [0.2, 0.25) is 0 Å². The van der Waals surface area contributed by atoms with Gasteiger partial charge in [-0.05, 0) is 56.6 Å². The summed E-state index contributed by atoms with van der Waals surface area (Å²) in [5.74, 6) is 0.240. The number of aromatic hydroxyl groups is 1. The molecule has 2 aliphatic carbocycles. The summed E-state index contributed by atoms with van der Waals surface area (Å²) < 4.78 is 0. The Morgan fingerprint density at radius 2 is 2.03 bits per heavy atom. The molecule has 0 spiro atoms. The van der Waals surface area contributed by atoms with Crippen molar-refractivity contribution in [1.82, 2.24) is 9.88 Å². The summed E-state index contributed by atoms with van der Waals surface area (Å²) in [4.78, 5) is 21.2. The van der Waals surface area contributed by atoms with Crippen LogP contribution in [0.3, 0.4) is 0 Å².